The zero-order chi connectivity index (χ0) is 13.0. The lowest BCUT2D eigenvalue weighted by atomic mass is 10.1. The van der Waals surface area contributed by atoms with Crippen LogP contribution in [0.5, 0.6) is 0 Å². The number of amides is 1. The Morgan fingerprint density at radius 3 is 2.94 bits per heavy atom. The van der Waals surface area contributed by atoms with Crippen LogP contribution in [0.4, 0.5) is 5.69 Å². The lowest BCUT2D eigenvalue weighted by molar-refractivity contribution is -0.115. The van der Waals surface area contributed by atoms with Crippen molar-refractivity contribution >= 4 is 39.1 Å². The molecule has 0 fully saturated rings. The monoisotopic (exact) mass is 324 g/mol. The molecule has 0 aliphatic heterocycles. The van der Waals surface area contributed by atoms with E-state index in [1.807, 2.05) is 24.3 Å². The van der Waals surface area contributed by atoms with Gasteiger partial charge in [-0.15, -0.1) is 0 Å². The van der Waals surface area contributed by atoms with Crippen molar-refractivity contribution in [3.63, 3.8) is 0 Å². The number of benzene rings is 1. The van der Waals surface area contributed by atoms with Crippen LogP contribution in [0.1, 0.15) is 5.56 Å². The van der Waals surface area contributed by atoms with Crippen molar-refractivity contribution in [3.8, 4) is 0 Å². The van der Waals surface area contributed by atoms with Gasteiger partial charge in [-0.1, -0.05) is 39.7 Å². The predicted octanol–water partition coefficient (Wildman–Crippen LogP) is 3.68. The number of anilines is 1. The van der Waals surface area contributed by atoms with Crippen LogP contribution in [-0.2, 0) is 11.2 Å². The normalized spacial score (nSPS) is 10.1. The lowest BCUT2D eigenvalue weighted by Gasteiger charge is -2.06. The standard InChI is InChI=1S/C13H10BrClN2O/c14-10-3-1-2-9(6-10)7-13(18)17-12-8-16-5-4-11(12)15/h1-6,8H,7H2,(H,17,18). The summed E-state index contributed by atoms with van der Waals surface area (Å²) in [5, 5.41) is 3.21. The molecule has 1 N–H and O–H groups in total. The molecule has 0 atom stereocenters. The third-order valence-corrected chi connectivity index (χ3v) is 3.12. The van der Waals surface area contributed by atoms with Gasteiger partial charge in [0.25, 0.3) is 0 Å². The summed E-state index contributed by atoms with van der Waals surface area (Å²) >= 11 is 9.30. The van der Waals surface area contributed by atoms with Gasteiger partial charge >= 0.3 is 0 Å². The van der Waals surface area contributed by atoms with Gasteiger partial charge in [0, 0.05) is 10.7 Å². The molecule has 0 saturated heterocycles. The van der Waals surface area contributed by atoms with Crippen molar-refractivity contribution in [2.75, 3.05) is 5.32 Å². The molecule has 0 saturated carbocycles. The molecular formula is C13H10BrClN2O. The molecule has 1 aromatic heterocycles. The fraction of sp³-hybridized carbons (Fsp3) is 0.0769. The molecule has 2 aromatic rings. The smallest absolute Gasteiger partial charge is 0.228 e. The summed E-state index contributed by atoms with van der Waals surface area (Å²) in [6.45, 7) is 0. The number of carbonyl (C=O) groups excluding carboxylic acids is 1. The molecule has 0 radical (unpaired) electrons. The number of nitrogens with zero attached hydrogens (tertiary/aromatic N) is 1. The first-order valence-electron chi connectivity index (χ1n) is 5.29. The summed E-state index contributed by atoms with van der Waals surface area (Å²) in [7, 11) is 0. The van der Waals surface area contributed by atoms with E-state index >= 15 is 0 Å². The molecule has 0 aliphatic rings. The highest BCUT2D eigenvalue weighted by molar-refractivity contribution is 9.10. The van der Waals surface area contributed by atoms with Crippen LogP contribution in [0.3, 0.4) is 0 Å². The molecular weight excluding hydrogens is 316 g/mol. The SMILES string of the molecule is O=C(Cc1cccc(Br)c1)Nc1cnccc1Cl. The Morgan fingerprint density at radius 2 is 2.22 bits per heavy atom. The molecule has 0 spiro atoms. The minimum atomic E-state index is -0.122. The fourth-order valence-corrected chi connectivity index (χ4v) is 2.10. The van der Waals surface area contributed by atoms with Crippen LogP contribution < -0.4 is 5.32 Å². The highest BCUT2D eigenvalue weighted by Gasteiger charge is 2.07. The van der Waals surface area contributed by atoms with Gasteiger partial charge in [0.15, 0.2) is 0 Å². The first-order valence-corrected chi connectivity index (χ1v) is 6.46. The molecule has 18 heavy (non-hydrogen) atoms. The molecule has 0 aliphatic carbocycles. The van der Waals surface area contributed by atoms with Crippen molar-refractivity contribution in [1.29, 1.82) is 0 Å². The van der Waals surface area contributed by atoms with E-state index in [1.54, 1.807) is 12.3 Å². The second-order valence-electron chi connectivity index (χ2n) is 3.71. The Morgan fingerprint density at radius 1 is 1.39 bits per heavy atom. The van der Waals surface area contributed by atoms with Crippen molar-refractivity contribution < 1.29 is 4.79 Å². The van der Waals surface area contributed by atoms with E-state index in [9.17, 15) is 4.79 Å². The van der Waals surface area contributed by atoms with E-state index in [0.29, 0.717) is 17.1 Å². The van der Waals surface area contributed by atoms with Gasteiger partial charge in [-0.3, -0.25) is 9.78 Å². The molecule has 1 aromatic carbocycles. The molecule has 0 bridgehead atoms. The Balaban J connectivity index is 2.03. The third kappa shape index (κ3) is 3.55. The summed E-state index contributed by atoms with van der Waals surface area (Å²) in [5.74, 6) is -0.122. The number of hydrogen-bond acceptors (Lipinski definition) is 2. The number of halogens is 2. The largest absolute Gasteiger partial charge is 0.323 e. The number of hydrogen-bond donors (Lipinski definition) is 1. The van der Waals surface area contributed by atoms with E-state index in [0.717, 1.165) is 10.0 Å². The Hall–Kier alpha value is -1.39. The molecule has 1 amide bonds. The summed E-state index contributed by atoms with van der Waals surface area (Å²) in [6.07, 6.45) is 3.40. The summed E-state index contributed by atoms with van der Waals surface area (Å²) in [6, 6.07) is 9.25. The van der Waals surface area contributed by atoms with E-state index in [2.05, 4.69) is 26.2 Å². The third-order valence-electron chi connectivity index (χ3n) is 2.30. The maximum absolute atomic E-state index is 11.8. The van der Waals surface area contributed by atoms with Gasteiger partial charge in [0.1, 0.15) is 0 Å². The molecule has 3 nitrogen and oxygen atoms in total. The average molecular weight is 326 g/mol. The van der Waals surface area contributed by atoms with Crippen LogP contribution in [-0.4, -0.2) is 10.9 Å². The molecule has 2 rings (SSSR count). The summed E-state index contributed by atoms with van der Waals surface area (Å²) in [5.41, 5.74) is 1.46. The number of rotatable bonds is 3. The second-order valence-corrected chi connectivity index (χ2v) is 5.03. The van der Waals surface area contributed by atoms with Crippen LogP contribution in [0, 0.1) is 0 Å². The Labute approximate surface area is 118 Å². The quantitative estimate of drug-likeness (QED) is 0.935. The van der Waals surface area contributed by atoms with Crippen LogP contribution in [0.25, 0.3) is 0 Å². The van der Waals surface area contributed by atoms with Gasteiger partial charge in [0.2, 0.25) is 5.91 Å². The van der Waals surface area contributed by atoms with Crippen LogP contribution in [0.15, 0.2) is 47.2 Å². The van der Waals surface area contributed by atoms with Crippen molar-refractivity contribution in [2.24, 2.45) is 0 Å². The number of pyridine rings is 1. The van der Waals surface area contributed by atoms with Crippen LogP contribution in [0.2, 0.25) is 5.02 Å². The minimum Gasteiger partial charge on any atom is -0.323 e. The average Bonchev–Trinajstić information content (AvgIpc) is 2.32. The van der Waals surface area contributed by atoms with Crippen molar-refractivity contribution in [3.05, 3.63) is 57.8 Å². The topological polar surface area (TPSA) is 42.0 Å². The molecule has 0 unspecified atom stereocenters. The second kappa shape index (κ2) is 5.98. The first kappa shape index (κ1) is 13.1. The van der Waals surface area contributed by atoms with Gasteiger partial charge in [-0.2, -0.15) is 0 Å². The summed E-state index contributed by atoms with van der Waals surface area (Å²) < 4.78 is 0.951. The fourth-order valence-electron chi connectivity index (χ4n) is 1.50. The van der Waals surface area contributed by atoms with Crippen molar-refractivity contribution in [2.45, 2.75) is 6.42 Å². The van der Waals surface area contributed by atoms with Gasteiger partial charge in [-0.05, 0) is 23.8 Å². The zero-order valence-electron chi connectivity index (χ0n) is 9.36. The highest BCUT2D eigenvalue weighted by Crippen LogP contribution is 2.19. The number of aromatic nitrogens is 1. The van der Waals surface area contributed by atoms with E-state index in [1.165, 1.54) is 6.20 Å². The van der Waals surface area contributed by atoms with Crippen LogP contribution >= 0.6 is 27.5 Å². The first-order chi connectivity index (χ1) is 8.65. The zero-order valence-corrected chi connectivity index (χ0v) is 11.7. The Bertz CT molecular complexity index is 574. The minimum absolute atomic E-state index is 0.122. The lowest BCUT2D eigenvalue weighted by Crippen LogP contribution is -2.14. The van der Waals surface area contributed by atoms with E-state index < -0.39 is 0 Å². The predicted molar refractivity (Wildman–Crippen MR) is 75.7 cm³/mol. The highest BCUT2D eigenvalue weighted by atomic mass is 79.9. The van der Waals surface area contributed by atoms with Gasteiger partial charge in [-0.25, -0.2) is 0 Å². The maximum Gasteiger partial charge on any atom is 0.228 e. The van der Waals surface area contributed by atoms with Gasteiger partial charge in [0.05, 0.1) is 23.3 Å². The molecule has 5 heteroatoms. The summed E-state index contributed by atoms with van der Waals surface area (Å²) in [4.78, 5) is 15.7. The Kier molecular flexibility index (Phi) is 4.33. The van der Waals surface area contributed by atoms with E-state index in [4.69, 9.17) is 11.6 Å². The maximum atomic E-state index is 11.8. The molecule has 92 valence electrons. The van der Waals surface area contributed by atoms with Crippen molar-refractivity contribution in [1.82, 2.24) is 4.98 Å². The van der Waals surface area contributed by atoms with E-state index in [-0.39, 0.29) is 5.91 Å². The van der Waals surface area contributed by atoms with Gasteiger partial charge < -0.3 is 5.32 Å². The number of carbonyl (C=O) groups is 1. The number of nitrogens with one attached hydrogen (secondary N) is 1. The molecule has 1 heterocycles.